The molecule has 0 aliphatic heterocycles. The van der Waals surface area contributed by atoms with E-state index in [-0.39, 0.29) is 0 Å². The van der Waals surface area contributed by atoms with Gasteiger partial charge in [-0.05, 0) is 76.3 Å². The molecule has 4 aromatic rings. The predicted octanol–water partition coefficient (Wildman–Crippen LogP) is 10.2. The van der Waals surface area contributed by atoms with E-state index in [2.05, 4.69) is 111 Å². The molecule has 0 unspecified atom stereocenters. The monoisotopic (exact) mass is 446 g/mol. The minimum atomic E-state index is 1.18. The van der Waals surface area contributed by atoms with E-state index in [1.54, 1.807) is 0 Å². The van der Waals surface area contributed by atoms with Crippen LogP contribution in [0, 0.1) is 0 Å². The van der Waals surface area contributed by atoms with Gasteiger partial charge in [-0.15, -0.1) is 0 Å². The number of rotatable bonds is 11. The Kier molecular flexibility index (Phi) is 8.74. The smallest absolute Gasteiger partial charge is 0.0178 e. The number of unbranched alkanes of at least 4 members (excludes halogenated alkanes) is 4. The minimum Gasteiger partial charge on any atom is -0.0654 e. The Morgan fingerprint density at radius 2 is 0.735 bits per heavy atom. The first-order valence-electron chi connectivity index (χ1n) is 13.2. The average molecular weight is 447 g/mol. The Balaban J connectivity index is 1.44. The van der Waals surface area contributed by atoms with Gasteiger partial charge >= 0.3 is 0 Å². The summed E-state index contributed by atoms with van der Waals surface area (Å²) >= 11 is 0. The Morgan fingerprint density at radius 1 is 0.382 bits per heavy atom. The predicted molar refractivity (Wildman–Crippen MR) is 149 cm³/mol. The molecular formula is C34H38. The van der Waals surface area contributed by atoms with E-state index in [1.165, 1.54) is 95.9 Å². The molecule has 0 N–H and O–H groups in total. The summed E-state index contributed by atoms with van der Waals surface area (Å²) in [5.74, 6) is 0. The molecule has 4 aromatic carbocycles. The van der Waals surface area contributed by atoms with Crippen molar-refractivity contribution in [2.24, 2.45) is 0 Å². The molecule has 0 saturated carbocycles. The third-order valence-electron chi connectivity index (χ3n) is 6.79. The Bertz CT molecular complexity index is 1130. The van der Waals surface area contributed by atoms with E-state index in [0.29, 0.717) is 0 Å². The van der Waals surface area contributed by atoms with Crippen LogP contribution in [0.3, 0.4) is 0 Å². The van der Waals surface area contributed by atoms with Gasteiger partial charge in [0.2, 0.25) is 0 Å². The molecule has 0 atom stereocenters. The van der Waals surface area contributed by atoms with Gasteiger partial charge in [0.25, 0.3) is 0 Å². The van der Waals surface area contributed by atoms with E-state index in [0.717, 1.165) is 0 Å². The lowest BCUT2D eigenvalue weighted by atomic mass is 9.96. The third kappa shape index (κ3) is 6.48. The molecule has 0 heterocycles. The zero-order chi connectivity index (χ0) is 23.6. The van der Waals surface area contributed by atoms with Crippen molar-refractivity contribution in [3.63, 3.8) is 0 Å². The molecule has 0 nitrogen and oxygen atoms in total. The van der Waals surface area contributed by atoms with Crippen LogP contribution in [0.5, 0.6) is 0 Å². The summed E-state index contributed by atoms with van der Waals surface area (Å²) in [7, 11) is 0. The molecule has 0 aromatic heterocycles. The van der Waals surface area contributed by atoms with Crippen LogP contribution < -0.4 is 0 Å². The molecule has 0 amide bonds. The quantitative estimate of drug-likeness (QED) is 0.201. The van der Waals surface area contributed by atoms with E-state index < -0.39 is 0 Å². The topological polar surface area (TPSA) is 0 Å². The molecule has 0 bridgehead atoms. The molecule has 4 rings (SSSR count). The fourth-order valence-corrected chi connectivity index (χ4v) is 4.62. The molecule has 0 spiro atoms. The molecule has 174 valence electrons. The molecule has 34 heavy (non-hydrogen) atoms. The molecule has 0 aliphatic carbocycles. The molecule has 0 saturated heterocycles. The van der Waals surface area contributed by atoms with Crippen LogP contribution in [0.25, 0.3) is 33.4 Å². The highest BCUT2D eigenvalue weighted by Crippen LogP contribution is 2.29. The van der Waals surface area contributed by atoms with Gasteiger partial charge in [0.05, 0.1) is 0 Å². The van der Waals surface area contributed by atoms with Crippen LogP contribution in [0.1, 0.15) is 63.5 Å². The number of benzene rings is 4. The van der Waals surface area contributed by atoms with Gasteiger partial charge < -0.3 is 0 Å². The van der Waals surface area contributed by atoms with Crippen molar-refractivity contribution in [3.05, 3.63) is 108 Å². The van der Waals surface area contributed by atoms with Crippen molar-refractivity contribution in [2.45, 2.75) is 65.2 Å². The van der Waals surface area contributed by atoms with E-state index >= 15 is 0 Å². The van der Waals surface area contributed by atoms with Crippen molar-refractivity contribution in [2.75, 3.05) is 0 Å². The van der Waals surface area contributed by atoms with Crippen molar-refractivity contribution in [1.29, 1.82) is 0 Å². The number of hydrogen-bond donors (Lipinski definition) is 0. The summed E-state index contributed by atoms with van der Waals surface area (Å²) < 4.78 is 0. The van der Waals surface area contributed by atoms with Gasteiger partial charge in [-0.3, -0.25) is 0 Å². The second-order valence-corrected chi connectivity index (χ2v) is 9.47. The maximum absolute atomic E-state index is 2.31. The van der Waals surface area contributed by atoms with Crippen molar-refractivity contribution in [1.82, 2.24) is 0 Å². The first-order chi connectivity index (χ1) is 16.8. The van der Waals surface area contributed by atoms with Gasteiger partial charge in [0.15, 0.2) is 0 Å². The summed E-state index contributed by atoms with van der Waals surface area (Å²) in [5.41, 5.74) is 10.5. The number of aryl methyl sites for hydroxylation is 2. The number of hydrogen-bond acceptors (Lipinski definition) is 0. The zero-order valence-corrected chi connectivity index (χ0v) is 20.9. The Hall–Kier alpha value is -3.12. The highest BCUT2D eigenvalue weighted by atomic mass is 14.1. The van der Waals surface area contributed by atoms with E-state index in [1.807, 2.05) is 0 Å². The summed E-state index contributed by atoms with van der Waals surface area (Å²) in [6, 6.07) is 36.2. The van der Waals surface area contributed by atoms with E-state index in [9.17, 15) is 0 Å². The van der Waals surface area contributed by atoms with Crippen LogP contribution in [0.4, 0.5) is 0 Å². The second kappa shape index (κ2) is 12.4. The highest BCUT2D eigenvalue weighted by Gasteiger charge is 2.04. The fourth-order valence-electron chi connectivity index (χ4n) is 4.62. The third-order valence-corrected chi connectivity index (χ3v) is 6.79. The first kappa shape index (κ1) is 24.0. The normalized spacial score (nSPS) is 11.0. The largest absolute Gasteiger partial charge is 0.0654 e. The Morgan fingerprint density at radius 3 is 1.12 bits per heavy atom. The lowest BCUT2D eigenvalue weighted by Gasteiger charge is -2.09. The fraction of sp³-hybridized carbons (Fsp3) is 0.294. The molecule has 0 heteroatoms. The zero-order valence-electron chi connectivity index (χ0n) is 20.9. The van der Waals surface area contributed by atoms with Crippen LogP contribution in [-0.2, 0) is 12.8 Å². The maximum Gasteiger partial charge on any atom is -0.0178 e. The highest BCUT2D eigenvalue weighted by molar-refractivity contribution is 5.75. The van der Waals surface area contributed by atoms with Crippen molar-refractivity contribution < 1.29 is 0 Å². The summed E-state index contributed by atoms with van der Waals surface area (Å²) in [4.78, 5) is 0. The molecule has 0 radical (unpaired) electrons. The van der Waals surface area contributed by atoms with Crippen molar-refractivity contribution in [3.8, 4) is 33.4 Å². The molecular weight excluding hydrogens is 408 g/mol. The second-order valence-electron chi connectivity index (χ2n) is 9.47. The van der Waals surface area contributed by atoms with Gasteiger partial charge in [0, 0.05) is 0 Å². The average Bonchev–Trinajstić information content (AvgIpc) is 2.90. The van der Waals surface area contributed by atoms with Gasteiger partial charge in [-0.25, -0.2) is 0 Å². The first-order valence-corrected chi connectivity index (χ1v) is 13.2. The minimum absolute atomic E-state index is 1.18. The summed E-state index contributed by atoms with van der Waals surface area (Å²) in [6.07, 6.45) is 10.1. The van der Waals surface area contributed by atoms with Gasteiger partial charge in [0.1, 0.15) is 0 Å². The van der Waals surface area contributed by atoms with Gasteiger partial charge in [-0.1, -0.05) is 131 Å². The Labute approximate surface area is 206 Å². The summed E-state index contributed by atoms with van der Waals surface area (Å²) in [5, 5.41) is 0. The van der Waals surface area contributed by atoms with Crippen molar-refractivity contribution >= 4 is 0 Å². The van der Waals surface area contributed by atoms with Crippen LogP contribution in [0.15, 0.2) is 97.1 Å². The van der Waals surface area contributed by atoms with E-state index in [4.69, 9.17) is 0 Å². The maximum atomic E-state index is 2.31. The SMILES string of the molecule is CCCCCc1ccc(-c2ccc(-c3cccc(-c4ccc(CCCCC)cc4)c3)cc2)cc1. The standard InChI is InChI=1S/C34H38/c1-3-5-7-10-27-14-18-29(19-15-27)30-22-24-32(25-23-30)34-13-9-12-33(26-34)31-20-16-28(17-21-31)11-8-6-4-2/h9,12-26H,3-8,10-11H2,1-2H3. The molecule has 0 aliphatic rings. The van der Waals surface area contributed by atoms with Crippen LogP contribution in [0.2, 0.25) is 0 Å². The van der Waals surface area contributed by atoms with Crippen LogP contribution >= 0.6 is 0 Å². The molecule has 0 fully saturated rings. The van der Waals surface area contributed by atoms with Crippen LogP contribution in [-0.4, -0.2) is 0 Å². The van der Waals surface area contributed by atoms with Gasteiger partial charge in [-0.2, -0.15) is 0 Å². The lowest BCUT2D eigenvalue weighted by Crippen LogP contribution is -1.87. The summed E-state index contributed by atoms with van der Waals surface area (Å²) in [6.45, 7) is 4.52. The lowest BCUT2D eigenvalue weighted by molar-refractivity contribution is 0.717.